The highest BCUT2D eigenvalue weighted by molar-refractivity contribution is 5.83. The molecule has 0 aromatic heterocycles. The molecule has 1 aliphatic carbocycles. The van der Waals surface area contributed by atoms with Crippen molar-refractivity contribution in [2.45, 2.75) is 32.7 Å². The molecule has 0 bridgehead atoms. The number of nitrogens with one attached hydrogen (secondary N) is 1. The minimum atomic E-state index is -0.497. The maximum atomic E-state index is 12.0. The van der Waals surface area contributed by atoms with Crippen LogP contribution in [-0.4, -0.2) is 17.6 Å². The van der Waals surface area contributed by atoms with Crippen LogP contribution in [0.25, 0.3) is 0 Å². The van der Waals surface area contributed by atoms with Crippen molar-refractivity contribution in [3.05, 3.63) is 35.4 Å². The van der Waals surface area contributed by atoms with E-state index in [1.165, 1.54) is 5.56 Å². The molecule has 1 aromatic rings. The summed E-state index contributed by atoms with van der Waals surface area (Å²) >= 11 is 0. The van der Waals surface area contributed by atoms with Crippen LogP contribution >= 0.6 is 0 Å². The lowest BCUT2D eigenvalue weighted by atomic mass is 9.68. The topological polar surface area (TPSA) is 49.3 Å². The van der Waals surface area contributed by atoms with Crippen molar-refractivity contribution in [2.24, 2.45) is 5.41 Å². The molecule has 0 spiro atoms. The van der Waals surface area contributed by atoms with Crippen LogP contribution in [0.15, 0.2) is 24.3 Å². The van der Waals surface area contributed by atoms with E-state index in [1.807, 2.05) is 31.2 Å². The Hall–Kier alpha value is -1.35. The van der Waals surface area contributed by atoms with Gasteiger partial charge in [0.15, 0.2) is 0 Å². The fourth-order valence-corrected chi connectivity index (χ4v) is 2.23. The molecule has 0 unspecified atom stereocenters. The van der Waals surface area contributed by atoms with Gasteiger partial charge in [0.1, 0.15) is 0 Å². The molecule has 92 valence electrons. The van der Waals surface area contributed by atoms with E-state index >= 15 is 0 Å². The summed E-state index contributed by atoms with van der Waals surface area (Å²) in [5.41, 5.74) is 1.82. The van der Waals surface area contributed by atoms with E-state index in [2.05, 4.69) is 5.32 Å². The molecule has 0 saturated heterocycles. The monoisotopic (exact) mass is 233 g/mol. The molecule has 17 heavy (non-hydrogen) atoms. The maximum absolute atomic E-state index is 12.0. The van der Waals surface area contributed by atoms with Crippen molar-refractivity contribution in [2.75, 3.05) is 6.61 Å². The summed E-state index contributed by atoms with van der Waals surface area (Å²) in [5.74, 6) is -0.00509. The molecule has 2 rings (SSSR count). The van der Waals surface area contributed by atoms with E-state index in [-0.39, 0.29) is 12.5 Å². The molecule has 1 amide bonds. The van der Waals surface area contributed by atoms with Gasteiger partial charge in [-0.3, -0.25) is 4.79 Å². The predicted molar refractivity (Wildman–Crippen MR) is 66.4 cm³/mol. The van der Waals surface area contributed by atoms with Gasteiger partial charge in [0.05, 0.1) is 12.0 Å². The largest absolute Gasteiger partial charge is 0.395 e. The van der Waals surface area contributed by atoms with Crippen molar-refractivity contribution in [1.82, 2.24) is 5.32 Å². The van der Waals surface area contributed by atoms with E-state index in [4.69, 9.17) is 0 Å². The second-order valence-electron chi connectivity index (χ2n) is 4.90. The third-order valence-electron chi connectivity index (χ3n) is 3.80. The Balaban J connectivity index is 1.95. The molecule has 0 radical (unpaired) electrons. The van der Waals surface area contributed by atoms with Crippen molar-refractivity contribution in [1.29, 1.82) is 0 Å². The molecule has 0 aliphatic heterocycles. The van der Waals surface area contributed by atoms with Crippen LogP contribution in [0.1, 0.15) is 30.4 Å². The Labute approximate surface area is 102 Å². The standard InChI is InChI=1S/C14H19NO2/c1-11-5-2-3-6-12(11)9-15-13(17)14(10-16)7-4-8-14/h2-3,5-6,16H,4,7-10H2,1H3,(H,15,17). The number of carbonyl (C=O) groups excluding carboxylic acids is 1. The van der Waals surface area contributed by atoms with Gasteiger partial charge in [-0.2, -0.15) is 0 Å². The summed E-state index contributed by atoms with van der Waals surface area (Å²) in [6.07, 6.45) is 2.66. The number of benzene rings is 1. The van der Waals surface area contributed by atoms with Gasteiger partial charge in [-0.25, -0.2) is 0 Å². The highest BCUT2D eigenvalue weighted by Gasteiger charge is 2.43. The molecule has 1 aliphatic rings. The summed E-state index contributed by atoms with van der Waals surface area (Å²) < 4.78 is 0. The smallest absolute Gasteiger partial charge is 0.228 e. The van der Waals surface area contributed by atoms with Crippen LogP contribution in [0, 0.1) is 12.3 Å². The number of carbonyl (C=O) groups is 1. The zero-order valence-corrected chi connectivity index (χ0v) is 10.2. The van der Waals surface area contributed by atoms with Crippen LogP contribution in [0.3, 0.4) is 0 Å². The molecule has 0 heterocycles. The van der Waals surface area contributed by atoms with Crippen molar-refractivity contribution in [3.63, 3.8) is 0 Å². The predicted octanol–water partition coefficient (Wildman–Crippen LogP) is 1.77. The van der Waals surface area contributed by atoms with Crippen molar-refractivity contribution >= 4 is 5.91 Å². The molecule has 3 nitrogen and oxygen atoms in total. The number of rotatable bonds is 4. The van der Waals surface area contributed by atoms with Crippen LogP contribution in [0.5, 0.6) is 0 Å². The van der Waals surface area contributed by atoms with E-state index in [0.29, 0.717) is 6.54 Å². The average molecular weight is 233 g/mol. The molecule has 1 saturated carbocycles. The molecule has 2 N–H and O–H groups in total. The zero-order valence-electron chi connectivity index (χ0n) is 10.2. The first-order valence-electron chi connectivity index (χ1n) is 6.12. The summed E-state index contributed by atoms with van der Waals surface area (Å²) in [4.78, 5) is 12.0. The third kappa shape index (κ3) is 2.34. The normalized spacial score (nSPS) is 17.3. The summed E-state index contributed by atoms with van der Waals surface area (Å²) in [5, 5.41) is 12.2. The second kappa shape index (κ2) is 4.88. The van der Waals surface area contributed by atoms with Gasteiger partial charge < -0.3 is 10.4 Å². The van der Waals surface area contributed by atoms with Gasteiger partial charge >= 0.3 is 0 Å². The zero-order chi connectivity index (χ0) is 12.3. The van der Waals surface area contributed by atoms with E-state index < -0.39 is 5.41 Å². The number of hydrogen-bond donors (Lipinski definition) is 2. The number of hydrogen-bond acceptors (Lipinski definition) is 2. The molecule has 1 aromatic carbocycles. The fraction of sp³-hybridized carbons (Fsp3) is 0.500. The van der Waals surface area contributed by atoms with Gasteiger partial charge in [0.25, 0.3) is 0 Å². The van der Waals surface area contributed by atoms with Gasteiger partial charge in [0, 0.05) is 6.54 Å². The minimum absolute atomic E-state index is 0.00509. The maximum Gasteiger partial charge on any atom is 0.228 e. The molecule has 1 fully saturated rings. The second-order valence-corrected chi connectivity index (χ2v) is 4.90. The first-order valence-corrected chi connectivity index (χ1v) is 6.12. The van der Waals surface area contributed by atoms with Gasteiger partial charge in [-0.1, -0.05) is 30.7 Å². The van der Waals surface area contributed by atoms with Crippen molar-refractivity contribution in [3.8, 4) is 0 Å². The van der Waals surface area contributed by atoms with E-state index in [9.17, 15) is 9.90 Å². The quantitative estimate of drug-likeness (QED) is 0.832. The average Bonchev–Trinajstić information content (AvgIpc) is 2.27. The summed E-state index contributed by atoms with van der Waals surface area (Å²) in [6, 6.07) is 8.01. The number of aliphatic hydroxyl groups excluding tert-OH is 1. The molecular weight excluding hydrogens is 214 g/mol. The van der Waals surface area contributed by atoms with Gasteiger partial charge in [0.2, 0.25) is 5.91 Å². The third-order valence-corrected chi connectivity index (χ3v) is 3.80. The van der Waals surface area contributed by atoms with Crippen molar-refractivity contribution < 1.29 is 9.90 Å². The van der Waals surface area contributed by atoms with E-state index in [1.54, 1.807) is 0 Å². The highest BCUT2D eigenvalue weighted by Crippen LogP contribution is 2.40. The molecular formula is C14H19NO2. The number of amides is 1. The Kier molecular flexibility index (Phi) is 3.48. The summed E-state index contributed by atoms with van der Waals surface area (Å²) in [6.45, 7) is 2.55. The van der Waals surface area contributed by atoms with Crippen LogP contribution in [0.4, 0.5) is 0 Å². The Morgan fingerprint density at radius 1 is 1.41 bits per heavy atom. The lowest BCUT2D eigenvalue weighted by molar-refractivity contribution is -0.139. The lowest BCUT2D eigenvalue weighted by Crippen LogP contribution is -2.47. The first kappa shape index (κ1) is 12.1. The van der Waals surface area contributed by atoms with Gasteiger partial charge in [-0.05, 0) is 30.9 Å². The molecule has 0 atom stereocenters. The highest BCUT2D eigenvalue weighted by atomic mass is 16.3. The minimum Gasteiger partial charge on any atom is -0.395 e. The lowest BCUT2D eigenvalue weighted by Gasteiger charge is -2.38. The van der Waals surface area contributed by atoms with E-state index in [0.717, 1.165) is 24.8 Å². The molecule has 3 heteroatoms. The Morgan fingerprint density at radius 3 is 2.65 bits per heavy atom. The Bertz CT molecular complexity index is 405. The summed E-state index contributed by atoms with van der Waals surface area (Å²) in [7, 11) is 0. The van der Waals surface area contributed by atoms with Crippen LogP contribution in [-0.2, 0) is 11.3 Å². The van der Waals surface area contributed by atoms with Crippen LogP contribution in [0.2, 0.25) is 0 Å². The van der Waals surface area contributed by atoms with Gasteiger partial charge in [-0.15, -0.1) is 0 Å². The SMILES string of the molecule is Cc1ccccc1CNC(=O)C1(CO)CCC1. The number of aliphatic hydroxyl groups is 1. The number of aryl methyl sites for hydroxylation is 1. The van der Waals surface area contributed by atoms with Crippen LogP contribution < -0.4 is 5.32 Å². The first-order chi connectivity index (χ1) is 8.18. The Morgan fingerprint density at radius 2 is 2.12 bits per heavy atom. The fourth-order valence-electron chi connectivity index (χ4n) is 2.23.